The lowest BCUT2D eigenvalue weighted by atomic mass is 10.00. The minimum atomic E-state index is 0.235. The number of hydrogen-bond donors (Lipinski definition) is 0. The average molecular weight is 274 g/mol. The monoisotopic (exact) mass is 274 g/mol. The molecular formula is C17H26N2O. The molecule has 0 spiro atoms. The van der Waals surface area contributed by atoms with E-state index < -0.39 is 0 Å². The van der Waals surface area contributed by atoms with Gasteiger partial charge in [-0.15, -0.1) is 0 Å². The number of hydrogen-bond acceptors (Lipinski definition) is 3. The van der Waals surface area contributed by atoms with E-state index in [9.17, 15) is 4.79 Å². The van der Waals surface area contributed by atoms with Gasteiger partial charge in [0, 0.05) is 43.9 Å². The van der Waals surface area contributed by atoms with Crippen molar-refractivity contribution in [2.24, 2.45) is 0 Å². The van der Waals surface area contributed by atoms with E-state index in [4.69, 9.17) is 0 Å². The maximum absolute atomic E-state index is 12.1. The van der Waals surface area contributed by atoms with Gasteiger partial charge in [0.25, 0.3) is 0 Å². The van der Waals surface area contributed by atoms with Gasteiger partial charge in [-0.3, -0.25) is 4.79 Å². The second kappa shape index (κ2) is 6.89. The van der Waals surface area contributed by atoms with Gasteiger partial charge in [0.1, 0.15) is 0 Å². The number of piperidine rings is 1. The third kappa shape index (κ3) is 3.21. The third-order valence-corrected chi connectivity index (χ3v) is 4.46. The van der Waals surface area contributed by atoms with Crippen LogP contribution in [0.4, 0.5) is 5.69 Å². The lowest BCUT2D eigenvalue weighted by molar-refractivity contribution is 0.0988. The second-order valence-electron chi connectivity index (χ2n) is 5.57. The van der Waals surface area contributed by atoms with Gasteiger partial charge in [-0.25, -0.2) is 0 Å². The smallest absolute Gasteiger partial charge is 0.164 e. The fourth-order valence-electron chi connectivity index (χ4n) is 3.03. The van der Waals surface area contributed by atoms with Gasteiger partial charge in [-0.1, -0.05) is 26.0 Å². The summed E-state index contributed by atoms with van der Waals surface area (Å²) in [4.78, 5) is 16.9. The van der Waals surface area contributed by atoms with Crippen molar-refractivity contribution in [1.82, 2.24) is 4.90 Å². The van der Waals surface area contributed by atoms with Crippen molar-refractivity contribution >= 4 is 11.5 Å². The zero-order valence-corrected chi connectivity index (χ0v) is 12.9. The molecule has 0 atom stereocenters. The highest BCUT2D eigenvalue weighted by Gasteiger charge is 2.23. The van der Waals surface area contributed by atoms with Gasteiger partial charge < -0.3 is 9.80 Å². The number of rotatable bonds is 5. The number of Topliss-reactive ketones (excluding diaryl/α,β-unsaturated/α-hetero) is 1. The second-order valence-corrected chi connectivity index (χ2v) is 5.57. The van der Waals surface area contributed by atoms with Crippen LogP contribution in [0.3, 0.4) is 0 Å². The van der Waals surface area contributed by atoms with Crippen LogP contribution in [-0.4, -0.2) is 43.4 Å². The molecule has 3 heteroatoms. The number of nitrogens with zero attached hydrogens (tertiary/aromatic N) is 2. The fraction of sp³-hybridized carbons (Fsp3) is 0.588. The Morgan fingerprint density at radius 2 is 1.90 bits per heavy atom. The van der Waals surface area contributed by atoms with Crippen LogP contribution in [0.1, 0.15) is 43.5 Å². The van der Waals surface area contributed by atoms with E-state index in [2.05, 4.69) is 29.8 Å². The SMILES string of the molecule is CCC(=O)c1ccccc1N(C)C1CCN(CC)CC1. The molecule has 1 aromatic rings. The number of anilines is 1. The summed E-state index contributed by atoms with van der Waals surface area (Å²) >= 11 is 0. The van der Waals surface area contributed by atoms with Crippen LogP contribution in [0.25, 0.3) is 0 Å². The van der Waals surface area contributed by atoms with Crippen LogP contribution < -0.4 is 4.90 Å². The Morgan fingerprint density at radius 1 is 1.25 bits per heavy atom. The normalized spacial score (nSPS) is 17.1. The average Bonchev–Trinajstić information content (AvgIpc) is 2.53. The molecule has 0 unspecified atom stereocenters. The molecule has 1 aromatic carbocycles. The van der Waals surface area contributed by atoms with Crippen molar-refractivity contribution in [3.05, 3.63) is 29.8 Å². The van der Waals surface area contributed by atoms with E-state index in [0.717, 1.165) is 30.9 Å². The highest BCUT2D eigenvalue weighted by atomic mass is 16.1. The number of benzene rings is 1. The van der Waals surface area contributed by atoms with Crippen LogP contribution >= 0.6 is 0 Å². The zero-order valence-electron chi connectivity index (χ0n) is 12.9. The number of likely N-dealkylation sites (tertiary alicyclic amines) is 1. The lowest BCUT2D eigenvalue weighted by Crippen LogP contribution is -2.43. The molecule has 0 bridgehead atoms. The molecule has 1 aliphatic rings. The molecule has 1 aliphatic heterocycles. The summed E-state index contributed by atoms with van der Waals surface area (Å²) in [6.07, 6.45) is 2.93. The van der Waals surface area contributed by atoms with E-state index in [1.807, 2.05) is 25.1 Å². The van der Waals surface area contributed by atoms with E-state index in [-0.39, 0.29) is 5.78 Å². The Kier molecular flexibility index (Phi) is 5.18. The molecule has 0 N–H and O–H groups in total. The van der Waals surface area contributed by atoms with E-state index in [1.165, 1.54) is 12.8 Å². The van der Waals surface area contributed by atoms with Crippen LogP contribution in [0.2, 0.25) is 0 Å². The highest BCUT2D eigenvalue weighted by Crippen LogP contribution is 2.26. The summed E-state index contributed by atoms with van der Waals surface area (Å²) < 4.78 is 0. The van der Waals surface area contributed by atoms with Gasteiger partial charge in [-0.05, 0) is 31.5 Å². The molecule has 0 amide bonds. The van der Waals surface area contributed by atoms with Gasteiger partial charge >= 0.3 is 0 Å². The summed E-state index contributed by atoms with van der Waals surface area (Å²) in [5, 5.41) is 0. The molecule has 0 aromatic heterocycles. The van der Waals surface area contributed by atoms with E-state index in [1.54, 1.807) is 0 Å². The molecule has 0 saturated carbocycles. The number of ketones is 1. The maximum atomic E-state index is 12.1. The van der Waals surface area contributed by atoms with Crippen LogP contribution in [-0.2, 0) is 0 Å². The van der Waals surface area contributed by atoms with Crippen molar-refractivity contribution in [3.8, 4) is 0 Å². The lowest BCUT2D eigenvalue weighted by Gasteiger charge is -2.38. The Balaban J connectivity index is 2.13. The molecule has 1 heterocycles. The summed E-state index contributed by atoms with van der Waals surface area (Å²) in [7, 11) is 2.13. The Hall–Kier alpha value is -1.35. The van der Waals surface area contributed by atoms with Crippen molar-refractivity contribution < 1.29 is 4.79 Å². The van der Waals surface area contributed by atoms with Gasteiger partial charge in [0.2, 0.25) is 0 Å². The highest BCUT2D eigenvalue weighted by molar-refractivity contribution is 6.01. The number of para-hydroxylation sites is 1. The van der Waals surface area contributed by atoms with Gasteiger partial charge in [0.05, 0.1) is 0 Å². The van der Waals surface area contributed by atoms with Gasteiger partial charge in [0.15, 0.2) is 5.78 Å². The fourth-order valence-corrected chi connectivity index (χ4v) is 3.03. The van der Waals surface area contributed by atoms with Gasteiger partial charge in [-0.2, -0.15) is 0 Å². The largest absolute Gasteiger partial charge is 0.371 e. The van der Waals surface area contributed by atoms with Crippen LogP contribution in [0.15, 0.2) is 24.3 Å². The Bertz CT molecular complexity index is 450. The first-order valence-corrected chi connectivity index (χ1v) is 7.74. The minimum absolute atomic E-state index is 0.235. The van der Waals surface area contributed by atoms with Crippen LogP contribution in [0, 0.1) is 0 Å². The van der Waals surface area contributed by atoms with Crippen molar-refractivity contribution in [2.45, 2.75) is 39.2 Å². The molecule has 20 heavy (non-hydrogen) atoms. The molecule has 0 radical (unpaired) electrons. The summed E-state index contributed by atoms with van der Waals surface area (Å²) in [6, 6.07) is 8.57. The number of carbonyl (C=O) groups excluding carboxylic acids is 1. The molecule has 1 fully saturated rings. The Labute approximate surface area is 122 Å². The summed E-state index contributed by atoms with van der Waals surface area (Å²) in [5.41, 5.74) is 1.96. The van der Waals surface area contributed by atoms with Crippen molar-refractivity contribution in [2.75, 3.05) is 31.6 Å². The predicted octanol–water partition coefficient (Wildman–Crippen LogP) is 3.20. The zero-order chi connectivity index (χ0) is 14.5. The summed E-state index contributed by atoms with van der Waals surface area (Å²) in [6.45, 7) is 7.62. The van der Waals surface area contributed by atoms with E-state index in [0.29, 0.717) is 12.5 Å². The molecule has 0 aliphatic carbocycles. The first kappa shape index (κ1) is 15.0. The standard InChI is InChI=1S/C17H26N2O/c1-4-17(20)15-8-6-7-9-16(15)18(3)14-10-12-19(5-2)13-11-14/h6-9,14H,4-5,10-13H2,1-3H3. The molecule has 2 rings (SSSR count). The summed E-state index contributed by atoms with van der Waals surface area (Å²) in [5.74, 6) is 0.235. The third-order valence-electron chi connectivity index (χ3n) is 4.46. The molecule has 3 nitrogen and oxygen atoms in total. The first-order chi connectivity index (χ1) is 9.67. The first-order valence-electron chi connectivity index (χ1n) is 7.74. The van der Waals surface area contributed by atoms with E-state index >= 15 is 0 Å². The predicted molar refractivity (Wildman–Crippen MR) is 84.6 cm³/mol. The van der Waals surface area contributed by atoms with Crippen LogP contribution in [0.5, 0.6) is 0 Å². The topological polar surface area (TPSA) is 23.6 Å². The van der Waals surface area contributed by atoms with Crippen molar-refractivity contribution in [3.63, 3.8) is 0 Å². The Morgan fingerprint density at radius 3 is 2.50 bits per heavy atom. The molecular weight excluding hydrogens is 248 g/mol. The van der Waals surface area contributed by atoms with Crippen molar-refractivity contribution in [1.29, 1.82) is 0 Å². The quantitative estimate of drug-likeness (QED) is 0.770. The minimum Gasteiger partial charge on any atom is -0.371 e. The number of carbonyl (C=O) groups is 1. The molecule has 1 saturated heterocycles. The maximum Gasteiger partial charge on any atom is 0.164 e. The molecule has 110 valence electrons.